The second-order valence-electron chi connectivity index (χ2n) is 8.84. The molecule has 0 bridgehead atoms. The van der Waals surface area contributed by atoms with Crippen LogP contribution in [0, 0.1) is 0 Å². The van der Waals surface area contributed by atoms with Crippen LogP contribution in [0.3, 0.4) is 0 Å². The maximum Gasteiger partial charge on any atom is 0.470 e. The van der Waals surface area contributed by atoms with Gasteiger partial charge in [-0.3, -0.25) is 9.69 Å². The third-order valence-corrected chi connectivity index (χ3v) is 6.06. The summed E-state index contributed by atoms with van der Waals surface area (Å²) < 4.78 is 43.0. The number of carbonyl (C=O) groups excluding carboxylic acids is 2. The molecule has 11 heteroatoms. The molecule has 4 rings (SSSR count). The van der Waals surface area contributed by atoms with Crippen LogP contribution in [0.25, 0.3) is 11.5 Å². The normalized spacial score (nSPS) is 18.3. The first-order valence-electron chi connectivity index (χ1n) is 11.4. The molecular weight excluding hydrogens is 475 g/mol. The lowest BCUT2D eigenvalue weighted by Crippen LogP contribution is -2.61. The van der Waals surface area contributed by atoms with Crippen molar-refractivity contribution < 1.29 is 27.2 Å². The fourth-order valence-electron chi connectivity index (χ4n) is 4.54. The lowest BCUT2D eigenvalue weighted by atomic mass is 10.1. The Morgan fingerprint density at radius 3 is 2.14 bits per heavy atom. The monoisotopic (exact) mass is 501 g/mol. The third kappa shape index (κ3) is 5.34. The summed E-state index contributed by atoms with van der Waals surface area (Å²) in [7, 11) is 0. The van der Waals surface area contributed by atoms with E-state index in [0.29, 0.717) is 24.3 Å². The van der Waals surface area contributed by atoms with Crippen LogP contribution in [0.15, 0.2) is 59.0 Å². The van der Waals surface area contributed by atoms with E-state index in [2.05, 4.69) is 10.2 Å². The van der Waals surface area contributed by atoms with Crippen LogP contribution >= 0.6 is 0 Å². The van der Waals surface area contributed by atoms with Gasteiger partial charge in [-0.1, -0.05) is 30.3 Å². The molecule has 8 nitrogen and oxygen atoms in total. The van der Waals surface area contributed by atoms with Gasteiger partial charge < -0.3 is 14.2 Å². The minimum absolute atomic E-state index is 0.0225. The fraction of sp³-hybridized carbons (Fsp3) is 0.360. The molecule has 1 aliphatic heterocycles. The van der Waals surface area contributed by atoms with E-state index in [0.717, 1.165) is 5.56 Å². The first-order chi connectivity index (χ1) is 17.0. The number of hydrogen-bond acceptors (Lipinski definition) is 5. The van der Waals surface area contributed by atoms with Gasteiger partial charge in [0.15, 0.2) is 0 Å². The molecule has 3 aromatic rings. The second-order valence-corrected chi connectivity index (χ2v) is 8.84. The van der Waals surface area contributed by atoms with Crippen LogP contribution in [0.1, 0.15) is 32.2 Å². The maximum absolute atomic E-state index is 13.7. The fourth-order valence-corrected chi connectivity index (χ4v) is 4.54. The number of alkyl halides is 3. The maximum atomic E-state index is 13.7. The molecule has 3 amide bonds. The van der Waals surface area contributed by atoms with Crippen LogP contribution in [-0.4, -0.2) is 57.1 Å². The number of amides is 3. The van der Waals surface area contributed by atoms with Gasteiger partial charge in [0.05, 0.1) is 6.54 Å². The van der Waals surface area contributed by atoms with Gasteiger partial charge >= 0.3 is 18.1 Å². The van der Waals surface area contributed by atoms with Crippen molar-refractivity contribution in [2.45, 2.75) is 45.6 Å². The Balaban J connectivity index is 1.55. The number of hydrogen-bond donors (Lipinski definition) is 0. The van der Waals surface area contributed by atoms with Crippen LogP contribution in [0.4, 0.5) is 23.7 Å². The van der Waals surface area contributed by atoms with Crippen LogP contribution < -0.4 is 4.90 Å². The number of rotatable bonds is 4. The highest BCUT2D eigenvalue weighted by Gasteiger charge is 2.38. The third-order valence-electron chi connectivity index (χ3n) is 6.06. The molecule has 2 aromatic carbocycles. The van der Waals surface area contributed by atoms with Gasteiger partial charge in [0.1, 0.15) is 0 Å². The molecule has 2 unspecified atom stereocenters. The van der Waals surface area contributed by atoms with Crippen molar-refractivity contribution in [1.82, 2.24) is 20.0 Å². The number of urea groups is 1. The highest BCUT2D eigenvalue weighted by Crippen LogP contribution is 2.30. The van der Waals surface area contributed by atoms with E-state index in [1.54, 1.807) is 39.0 Å². The molecular formula is C25H26F3N5O3. The van der Waals surface area contributed by atoms with Gasteiger partial charge in [0.2, 0.25) is 11.8 Å². The number of aromatic nitrogens is 2. The first-order valence-corrected chi connectivity index (χ1v) is 11.4. The molecule has 0 aliphatic carbocycles. The summed E-state index contributed by atoms with van der Waals surface area (Å²) in [5.41, 5.74) is 1.80. The lowest BCUT2D eigenvalue weighted by molar-refractivity contribution is -0.157. The van der Waals surface area contributed by atoms with Crippen molar-refractivity contribution in [3.8, 4) is 11.5 Å². The lowest BCUT2D eigenvalue weighted by Gasteiger charge is -2.45. The van der Waals surface area contributed by atoms with Gasteiger partial charge in [0.25, 0.3) is 0 Å². The van der Waals surface area contributed by atoms with Crippen molar-refractivity contribution in [1.29, 1.82) is 0 Å². The Morgan fingerprint density at radius 2 is 1.61 bits per heavy atom. The zero-order valence-electron chi connectivity index (χ0n) is 20.1. The first kappa shape index (κ1) is 25.2. The molecule has 1 aromatic heterocycles. The number of carbonyl (C=O) groups is 2. The molecule has 0 spiro atoms. The van der Waals surface area contributed by atoms with Crippen LogP contribution in [0.5, 0.6) is 0 Å². The summed E-state index contributed by atoms with van der Waals surface area (Å²) in [4.78, 5) is 30.9. The topological polar surface area (TPSA) is 82.8 Å². The average Bonchev–Trinajstić information content (AvgIpc) is 3.33. The molecule has 1 fully saturated rings. The van der Waals surface area contributed by atoms with E-state index in [4.69, 9.17) is 4.42 Å². The van der Waals surface area contributed by atoms with Gasteiger partial charge in [-0.05, 0) is 43.7 Å². The smallest absolute Gasteiger partial charge is 0.413 e. The van der Waals surface area contributed by atoms with Crippen molar-refractivity contribution in [3.63, 3.8) is 0 Å². The Hall–Kier alpha value is -3.89. The van der Waals surface area contributed by atoms with E-state index >= 15 is 0 Å². The number of para-hydroxylation sites is 1. The molecule has 2 heterocycles. The number of nitrogens with zero attached hydrogens (tertiary/aromatic N) is 5. The Kier molecular flexibility index (Phi) is 7.00. The van der Waals surface area contributed by atoms with Gasteiger partial charge in [-0.2, -0.15) is 13.2 Å². The quantitative estimate of drug-likeness (QED) is 0.512. The van der Waals surface area contributed by atoms with E-state index in [-0.39, 0.29) is 36.5 Å². The molecule has 0 radical (unpaired) electrons. The highest BCUT2D eigenvalue weighted by atomic mass is 19.4. The Labute approximate surface area is 206 Å². The zero-order chi connectivity index (χ0) is 26.0. The summed E-state index contributed by atoms with van der Waals surface area (Å²) in [5, 5.41) is 6.53. The van der Waals surface area contributed by atoms with Crippen molar-refractivity contribution in [2.75, 3.05) is 18.0 Å². The van der Waals surface area contributed by atoms with E-state index in [9.17, 15) is 22.8 Å². The Morgan fingerprint density at radius 1 is 1.00 bits per heavy atom. The van der Waals surface area contributed by atoms with Crippen LogP contribution in [0.2, 0.25) is 0 Å². The minimum atomic E-state index is -4.72. The minimum Gasteiger partial charge on any atom is -0.413 e. The van der Waals surface area contributed by atoms with Gasteiger partial charge in [-0.15, -0.1) is 10.2 Å². The molecule has 1 saturated heterocycles. The average molecular weight is 502 g/mol. The molecule has 2 atom stereocenters. The van der Waals surface area contributed by atoms with Gasteiger partial charge in [-0.25, -0.2) is 4.79 Å². The summed E-state index contributed by atoms with van der Waals surface area (Å²) >= 11 is 0. The number of halogens is 3. The molecule has 190 valence electrons. The SMILES string of the molecule is CC(=O)N1C(C)CN(C(=O)N(Cc2ccc(-c3nnc(C(F)(F)F)o3)cc2)c2ccccc2)CC1C. The van der Waals surface area contributed by atoms with Crippen LogP contribution in [-0.2, 0) is 17.5 Å². The predicted molar refractivity (Wildman–Crippen MR) is 126 cm³/mol. The Bertz CT molecular complexity index is 1200. The summed E-state index contributed by atoms with van der Waals surface area (Å²) in [6.45, 7) is 6.42. The summed E-state index contributed by atoms with van der Waals surface area (Å²) in [6, 6.07) is 15.3. The zero-order valence-corrected chi connectivity index (χ0v) is 20.1. The molecule has 0 saturated carbocycles. The van der Waals surface area contributed by atoms with Gasteiger partial charge in [0, 0.05) is 43.3 Å². The number of piperazine rings is 1. The molecule has 36 heavy (non-hydrogen) atoms. The van der Waals surface area contributed by atoms with E-state index in [1.807, 2.05) is 44.2 Å². The largest absolute Gasteiger partial charge is 0.470 e. The molecule has 1 aliphatic rings. The standard InChI is InChI=1S/C25H26F3N5O3/c1-16-13-31(14-17(2)33(16)18(3)34)24(35)32(21-7-5-4-6-8-21)15-19-9-11-20(12-10-19)22-29-30-23(36-22)25(26,27)28/h4-12,16-17H,13-15H2,1-3H3. The number of benzene rings is 2. The summed E-state index contributed by atoms with van der Waals surface area (Å²) in [5.74, 6) is -1.67. The predicted octanol–water partition coefficient (Wildman–Crippen LogP) is 4.82. The second kappa shape index (κ2) is 10.00. The number of anilines is 1. The van der Waals surface area contributed by atoms with E-state index in [1.165, 1.54) is 6.92 Å². The summed E-state index contributed by atoms with van der Waals surface area (Å²) in [6.07, 6.45) is -4.72. The molecule has 0 N–H and O–H groups in total. The van der Waals surface area contributed by atoms with Crippen molar-refractivity contribution in [3.05, 3.63) is 66.1 Å². The van der Waals surface area contributed by atoms with Crippen molar-refractivity contribution >= 4 is 17.6 Å². The highest BCUT2D eigenvalue weighted by molar-refractivity contribution is 5.92. The van der Waals surface area contributed by atoms with E-state index < -0.39 is 12.1 Å². The van der Waals surface area contributed by atoms with Crippen molar-refractivity contribution in [2.24, 2.45) is 0 Å².